The second-order valence-electron chi connectivity index (χ2n) is 10.9. The molecule has 0 unspecified atom stereocenters. The van der Waals surface area contributed by atoms with Gasteiger partial charge < -0.3 is 31.0 Å². The van der Waals surface area contributed by atoms with E-state index in [2.05, 4.69) is 15.5 Å². The number of anilines is 2. The molecule has 1 aromatic heterocycles. The first-order chi connectivity index (χ1) is 20.7. The van der Waals surface area contributed by atoms with E-state index in [-0.39, 0.29) is 40.0 Å². The molecule has 224 valence electrons. The summed E-state index contributed by atoms with van der Waals surface area (Å²) in [6, 6.07) is 4.72. The zero-order chi connectivity index (χ0) is 30.2. The number of nitrogen functional groups attached to an aromatic ring is 1. The van der Waals surface area contributed by atoms with Crippen molar-refractivity contribution < 1.29 is 34.2 Å². The van der Waals surface area contributed by atoms with Gasteiger partial charge in [-0.05, 0) is 80.9 Å². The number of carbonyl (C=O) groups is 4. The second kappa shape index (κ2) is 11.5. The summed E-state index contributed by atoms with van der Waals surface area (Å²) >= 11 is 1.14. The summed E-state index contributed by atoms with van der Waals surface area (Å²) < 4.78 is 0. The predicted molar refractivity (Wildman–Crippen MR) is 156 cm³/mol. The van der Waals surface area contributed by atoms with Crippen LogP contribution in [0.2, 0.25) is 0 Å². The van der Waals surface area contributed by atoms with Gasteiger partial charge in [-0.25, -0.2) is 9.78 Å². The van der Waals surface area contributed by atoms with Crippen molar-refractivity contribution in [2.75, 3.05) is 17.2 Å². The van der Waals surface area contributed by atoms with E-state index < -0.39 is 29.9 Å². The maximum absolute atomic E-state index is 13.3. The highest BCUT2D eigenvalue weighted by Crippen LogP contribution is 2.38. The van der Waals surface area contributed by atoms with Gasteiger partial charge in [0.05, 0.1) is 6.04 Å². The van der Waals surface area contributed by atoms with Crippen LogP contribution in [0.4, 0.5) is 10.8 Å². The molecular weight excluding hydrogens is 576 g/mol. The lowest BCUT2D eigenvalue weighted by molar-refractivity contribution is -0.155. The summed E-state index contributed by atoms with van der Waals surface area (Å²) in [5, 5.41) is 28.3. The fraction of sp³-hybridized carbons (Fsp3) is 0.379. The Morgan fingerprint density at radius 3 is 2.56 bits per heavy atom. The number of allylic oxidation sites excluding steroid dienone is 2. The maximum atomic E-state index is 13.3. The average molecular weight is 607 g/mol. The highest BCUT2D eigenvalue weighted by atomic mass is 32.1. The summed E-state index contributed by atoms with van der Waals surface area (Å²) in [6.07, 6.45) is 6.25. The van der Waals surface area contributed by atoms with E-state index >= 15 is 0 Å². The molecule has 2 atom stereocenters. The number of nitrogens with one attached hydrogen (secondary N) is 1. The number of phenolic OH excluding ortho intramolecular Hbond substituents is 1. The van der Waals surface area contributed by atoms with Crippen molar-refractivity contribution in [1.82, 2.24) is 15.2 Å². The number of amides is 3. The molecule has 3 fully saturated rings. The maximum Gasteiger partial charge on any atom is 0.352 e. The molecule has 0 spiro atoms. The van der Waals surface area contributed by atoms with Crippen LogP contribution in [0.15, 0.2) is 57.7 Å². The monoisotopic (exact) mass is 606 g/mol. The molecule has 13 nitrogen and oxygen atoms in total. The van der Waals surface area contributed by atoms with Gasteiger partial charge in [0, 0.05) is 23.2 Å². The van der Waals surface area contributed by atoms with Crippen LogP contribution in [0, 0.1) is 0 Å². The van der Waals surface area contributed by atoms with Crippen molar-refractivity contribution in [3.05, 3.63) is 58.3 Å². The normalized spacial score (nSPS) is 23.5. The Balaban J connectivity index is 1.19. The number of β-lactam (4-membered cyclic amide) rings is 1. The van der Waals surface area contributed by atoms with E-state index in [9.17, 15) is 29.4 Å². The van der Waals surface area contributed by atoms with Gasteiger partial charge in [0.1, 0.15) is 29.3 Å². The smallest absolute Gasteiger partial charge is 0.352 e. The van der Waals surface area contributed by atoms with E-state index in [1.807, 2.05) is 0 Å². The SMILES string of the molecule is Nc1nc(/C(=N/OC2CCCC2)C(=O)N[C@@H]2C(=O)N3C(C(=O)O)=C(C=C4CCN(c5ccc(O)cc5)C4=O)CC[C@H]23)cs1. The molecule has 1 aromatic carbocycles. The number of aromatic hydroxyl groups is 1. The zero-order valence-corrected chi connectivity index (χ0v) is 23.9. The minimum absolute atomic E-state index is 0.0848. The Hall–Kier alpha value is -4.72. The number of nitrogens with zero attached hydrogens (tertiary/aromatic N) is 4. The minimum Gasteiger partial charge on any atom is -0.508 e. The van der Waals surface area contributed by atoms with Crippen molar-refractivity contribution in [1.29, 1.82) is 0 Å². The number of oxime groups is 1. The third-order valence-electron chi connectivity index (χ3n) is 8.17. The molecule has 43 heavy (non-hydrogen) atoms. The van der Waals surface area contributed by atoms with Gasteiger partial charge in [0.15, 0.2) is 10.8 Å². The number of rotatable bonds is 8. The van der Waals surface area contributed by atoms with Crippen molar-refractivity contribution in [2.24, 2.45) is 5.16 Å². The van der Waals surface area contributed by atoms with Crippen LogP contribution in [-0.2, 0) is 24.0 Å². The van der Waals surface area contributed by atoms with E-state index in [1.165, 1.54) is 17.0 Å². The molecule has 0 radical (unpaired) electrons. The Kier molecular flexibility index (Phi) is 7.61. The number of thiazole rings is 1. The summed E-state index contributed by atoms with van der Waals surface area (Å²) in [5.74, 6) is -2.70. The fourth-order valence-electron chi connectivity index (χ4n) is 6.00. The van der Waals surface area contributed by atoms with Crippen LogP contribution >= 0.6 is 11.3 Å². The lowest BCUT2D eigenvalue weighted by Gasteiger charge is -2.50. The predicted octanol–water partition coefficient (Wildman–Crippen LogP) is 2.29. The van der Waals surface area contributed by atoms with Crippen molar-refractivity contribution in [3.8, 4) is 5.75 Å². The van der Waals surface area contributed by atoms with Gasteiger partial charge in [-0.1, -0.05) is 5.16 Å². The van der Waals surface area contributed by atoms with Crippen LogP contribution in [-0.4, -0.2) is 74.2 Å². The van der Waals surface area contributed by atoms with Crippen LogP contribution < -0.4 is 16.0 Å². The number of fused-ring (bicyclic) bond motifs is 1. The van der Waals surface area contributed by atoms with Crippen molar-refractivity contribution in [3.63, 3.8) is 0 Å². The summed E-state index contributed by atoms with van der Waals surface area (Å²) in [4.78, 5) is 64.6. The molecule has 4 aliphatic rings. The molecule has 6 rings (SSSR count). The number of carboxylic acids is 1. The molecule has 4 heterocycles. The van der Waals surface area contributed by atoms with Gasteiger partial charge >= 0.3 is 5.97 Å². The first-order valence-electron chi connectivity index (χ1n) is 14.1. The highest BCUT2D eigenvalue weighted by molar-refractivity contribution is 7.13. The number of aromatic nitrogens is 1. The number of hydrogen-bond donors (Lipinski definition) is 4. The summed E-state index contributed by atoms with van der Waals surface area (Å²) in [6.45, 7) is 0.406. The lowest BCUT2D eigenvalue weighted by Crippen LogP contribution is -2.72. The van der Waals surface area contributed by atoms with Gasteiger partial charge in [0.2, 0.25) is 0 Å². The lowest BCUT2D eigenvalue weighted by atomic mass is 9.82. The van der Waals surface area contributed by atoms with Crippen molar-refractivity contribution >= 4 is 51.6 Å². The average Bonchev–Trinajstić information content (AvgIpc) is 3.75. The third-order valence-corrected chi connectivity index (χ3v) is 8.85. The third kappa shape index (κ3) is 5.45. The molecule has 2 aromatic rings. The van der Waals surface area contributed by atoms with Crippen molar-refractivity contribution in [2.45, 2.75) is 63.1 Å². The molecule has 0 bridgehead atoms. The van der Waals surface area contributed by atoms with Crippen LogP contribution in [0.5, 0.6) is 5.75 Å². The molecule has 14 heteroatoms. The summed E-state index contributed by atoms with van der Waals surface area (Å²) in [7, 11) is 0. The molecule has 1 saturated carbocycles. The fourth-order valence-corrected chi connectivity index (χ4v) is 6.55. The van der Waals surface area contributed by atoms with Crippen LogP contribution in [0.3, 0.4) is 0 Å². The number of hydrogen-bond acceptors (Lipinski definition) is 10. The number of carboxylic acid groups (broad SMARTS) is 1. The minimum atomic E-state index is -1.29. The number of nitrogens with two attached hydrogens (primary N) is 1. The van der Waals surface area contributed by atoms with Gasteiger partial charge in [0.25, 0.3) is 17.7 Å². The van der Waals surface area contributed by atoms with Gasteiger partial charge in [-0.3, -0.25) is 19.3 Å². The Morgan fingerprint density at radius 1 is 1.14 bits per heavy atom. The first kappa shape index (κ1) is 28.4. The second-order valence-corrected chi connectivity index (χ2v) is 11.7. The van der Waals surface area contributed by atoms with Crippen LogP contribution in [0.1, 0.15) is 50.6 Å². The number of phenols is 1. The largest absolute Gasteiger partial charge is 0.508 e. The quantitative estimate of drug-likeness (QED) is 0.151. The van der Waals surface area contributed by atoms with E-state index in [0.29, 0.717) is 42.6 Å². The molecular formula is C29H30N6O7S. The zero-order valence-electron chi connectivity index (χ0n) is 23.1. The van der Waals surface area contributed by atoms with Crippen LogP contribution in [0.25, 0.3) is 0 Å². The number of benzene rings is 1. The van der Waals surface area contributed by atoms with E-state index in [4.69, 9.17) is 10.6 Å². The molecule has 2 saturated heterocycles. The molecule has 3 amide bonds. The standard InChI is InChI=1S/C29H30N6O7S/c30-29-31-20(14-43-29)22(33-42-19-3-1-2-4-19)25(37)32-23-21-10-5-15(24(28(40)41)35(21)27(23)39)13-16-11-12-34(26(16)38)17-6-8-18(36)9-7-17/h6-9,13-14,19,21,23,36H,1-5,10-12H2,(H2,30,31)(H,32,37)(H,40,41)/b16-13?,33-22-/t21-,23+/m1/s1. The molecule has 5 N–H and O–H groups in total. The van der Waals surface area contributed by atoms with Gasteiger partial charge in [-0.2, -0.15) is 0 Å². The Bertz CT molecular complexity index is 1570. The Morgan fingerprint density at radius 2 is 1.88 bits per heavy atom. The summed E-state index contributed by atoms with van der Waals surface area (Å²) in [5.41, 5.74) is 7.14. The van der Waals surface area contributed by atoms with Gasteiger partial charge in [-0.15, -0.1) is 11.3 Å². The topological polar surface area (TPSA) is 188 Å². The van der Waals surface area contributed by atoms with E-state index in [0.717, 1.165) is 37.0 Å². The Labute approximate surface area is 250 Å². The molecule has 1 aliphatic carbocycles. The molecule has 3 aliphatic heterocycles. The number of aliphatic carboxylic acids is 1. The number of carbonyl (C=O) groups excluding carboxylic acids is 3. The van der Waals surface area contributed by atoms with E-state index in [1.54, 1.807) is 28.5 Å². The highest BCUT2D eigenvalue weighted by Gasteiger charge is 2.53. The first-order valence-corrected chi connectivity index (χ1v) is 15.0.